The van der Waals surface area contributed by atoms with E-state index in [9.17, 15) is 0 Å². The molecule has 0 saturated carbocycles. The molecule has 2 aromatic rings. The summed E-state index contributed by atoms with van der Waals surface area (Å²) < 4.78 is 1.87. The van der Waals surface area contributed by atoms with Crippen LogP contribution in [-0.2, 0) is 0 Å². The molecule has 16 heavy (non-hydrogen) atoms. The summed E-state index contributed by atoms with van der Waals surface area (Å²) in [6.45, 7) is 4.14. The summed E-state index contributed by atoms with van der Waals surface area (Å²) in [6.07, 6.45) is 5.30. The number of aromatic nitrogens is 4. The zero-order valence-corrected chi connectivity index (χ0v) is 9.81. The minimum Gasteiger partial charge on any atom is -0.352 e. The monoisotopic (exact) mass is 237 g/mol. The van der Waals surface area contributed by atoms with Gasteiger partial charge in [-0.3, -0.25) is 4.68 Å². The molecule has 0 bridgehead atoms. The summed E-state index contributed by atoms with van der Waals surface area (Å²) in [5.41, 5.74) is 1.70. The molecule has 0 spiro atoms. The number of nitrogens with one attached hydrogen (secondary N) is 1. The molecule has 0 radical (unpaired) electrons. The minimum atomic E-state index is 0.342. The van der Waals surface area contributed by atoms with Gasteiger partial charge in [-0.2, -0.15) is 10.2 Å². The van der Waals surface area contributed by atoms with E-state index in [2.05, 4.69) is 34.5 Å². The molecule has 1 N–H and O–H groups in total. The predicted octanol–water partition coefficient (Wildman–Crippen LogP) is 2.65. The third kappa shape index (κ3) is 2.49. The van der Waals surface area contributed by atoms with Crippen LogP contribution < -0.4 is 5.32 Å². The summed E-state index contributed by atoms with van der Waals surface area (Å²) >= 11 is 5.73. The van der Waals surface area contributed by atoms with Crippen molar-refractivity contribution in [1.29, 1.82) is 0 Å². The van der Waals surface area contributed by atoms with E-state index < -0.39 is 0 Å². The molecule has 0 aliphatic carbocycles. The van der Waals surface area contributed by atoms with Gasteiger partial charge in [-0.25, -0.2) is 0 Å². The molecule has 2 rings (SSSR count). The Hall–Kier alpha value is -1.62. The average molecular weight is 238 g/mol. The van der Waals surface area contributed by atoms with Gasteiger partial charge >= 0.3 is 0 Å². The van der Waals surface area contributed by atoms with Crippen molar-refractivity contribution in [2.75, 3.05) is 5.32 Å². The first-order chi connectivity index (χ1) is 7.65. The van der Waals surface area contributed by atoms with Gasteiger partial charge in [-0.1, -0.05) is 11.6 Å². The summed E-state index contributed by atoms with van der Waals surface area (Å²) in [5.74, 6) is 0. The number of hydrogen-bond donors (Lipinski definition) is 1. The Balaban J connectivity index is 2.14. The molecule has 5 nitrogen and oxygen atoms in total. The Labute approximate surface area is 98.5 Å². The van der Waals surface area contributed by atoms with Crippen molar-refractivity contribution in [3.8, 4) is 0 Å². The Morgan fingerprint density at radius 2 is 2.12 bits per heavy atom. The fraction of sp³-hybridized carbons (Fsp3) is 0.300. The molecule has 2 heterocycles. The highest BCUT2D eigenvalue weighted by Crippen LogP contribution is 2.17. The molecule has 0 aliphatic rings. The SMILES string of the molecule is CC(C)n1cc(Nc2cnnc(Cl)c2)cn1. The highest BCUT2D eigenvalue weighted by molar-refractivity contribution is 6.29. The maximum atomic E-state index is 5.73. The summed E-state index contributed by atoms with van der Waals surface area (Å²) in [7, 11) is 0. The van der Waals surface area contributed by atoms with Gasteiger partial charge in [-0.05, 0) is 13.8 Å². The van der Waals surface area contributed by atoms with E-state index in [0.717, 1.165) is 11.4 Å². The molecule has 6 heteroatoms. The molecule has 2 aromatic heterocycles. The van der Waals surface area contributed by atoms with Gasteiger partial charge in [0, 0.05) is 18.3 Å². The quantitative estimate of drug-likeness (QED) is 0.892. The lowest BCUT2D eigenvalue weighted by Gasteiger charge is -2.04. The first kappa shape index (κ1) is 10.9. The average Bonchev–Trinajstić information content (AvgIpc) is 2.66. The van der Waals surface area contributed by atoms with E-state index in [4.69, 9.17) is 11.6 Å². The van der Waals surface area contributed by atoms with Crippen molar-refractivity contribution in [2.45, 2.75) is 19.9 Å². The first-order valence-corrected chi connectivity index (χ1v) is 5.32. The van der Waals surface area contributed by atoms with Crippen LogP contribution in [0.4, 0.5) is 11.4 Å². The van der Waals surface area contributed by atoms with E-state index in [0.29, 0.717) is 11.2 Å². The molecule has 0 atom stereocenters. The van der Waals surface area contributed by atoms with Crippen LogP contribution in [0.1, 0.15) is 19.9 Å². The van der Waals surface area contributed by atoms with E-state index in [1.165, 1.54) is 0 Å². The highest BCUT2D eigenvalue weighted by Gasteiger charge is 2.02. The van der Waals surface area contributed by atoms with E-state index in [-0.39, 0.29) is 0 Å². The smallest absolute Gasteiger partial charge is 0.153 e. The summed E-state index contributed by atoms with van der Waals surface area (Å²) in [5, 5.41) is 15.2. The molecule has 0 aromatic carbocycles. The summed E-state index contributed by atoms with van der Waals surface area (Å²) in [6, 6.07) is 2.05. The van der Waals surface area contributed by atoms with Gasteiger partial charge in [0.1, 0.15) is 0 Å². The van der Waals surface area contributed by atoms with E-state index in [1.807, 2.05) is 10.9 Å². The molecule has 0 fully saturated rings. The lowest BCUT2D eigenvalue weighted by molar-refractivity contribution is 0.532. The maximum Gasteiger partial charge on any atom is 0.153 e. The largest absolute Gasteiger partial charge is 0.352 e. The van der Waals surface area contributed by atoms with Crippen LogP contribution in [0.2, 0.25) is 5.15 Å². The number of halogens is 1. The van der Waals surface area contributed by atoms with Crippen molar-refractivity contribution in [1.82, 2.24) is 20.0 Å². The number of rotatable bonds is 3. The Bertz CT molecular complexity index is 480. The van der Waals surface area contributed by atoms with Crippen molar-refractivity contribution < 1.29 is 0 Å². The van der Waals surface area contributed by atoms with Crippen molar-refractivity contribution in [3.63, 3.8) is 0 Å². The summed E-state index contributed by atoms with van der Waals surface area (Å²) in [4.78, 5) is 0. The zero-order chi connectivity index (χ0) is 11.5. The third-order valence-electron chi connectivity index (χ3n) is 2.04. The minimum absolute atomic E-state index is 0.342. The predicted molar refractivity (Wildman–Crippen MR) is 62.9 cm³/mol. The van der Waals surface area contributed by atoms with Gasteiger partial charge < -0.3 is 5.32 Å². The second kappa shape index (κ2) is 4.49. The van der Waals surface area contributed by atoms with E-state index >= 15 is 0 Å². The van der Waals surface area contributed by atoms with Crippen molar-refractivity contribution in [2.24, 2.45) is 0 Å². The number of nitrogens with zero attached hydrogens (tertiary/aromatic N) is 4. The fourth-order valence-electron chi connectivity index (χ4n) is 1.26. The Kier molecular flexibility index (Phi) is 3.05. The van der Waals surface area contributed by atoms with Crippen LogP contribution in [0.25, 0.3) is 0 Å². The van der Waals surface area contributed by atoms with Crippen LogP contribution in [0.5, 0.6) is 0 Å². The Morgan fingerprint density at radius 1 is 1.31 bits per heavy atom. The van der Waals surface area contributed by atoms with Crippen molar-refractivity contribution >= 4 is 23.0 Å². The first-order valence-electron chi connectivity index (χ1n) is 4.94. The van der Waals surface area contributed by atoms with Gasteiger partial charge in [0.25, 0.3) is 0 Å². The normalized spacial score (nSPS) is 10.8. The molecule has 0 amide bonds. The van der Waals surface area contributed by atoms with Gasteiger partial charge in [0.15, 0.2) is 5.15 Å². The van der Waals surface area contributed by atoms with E-state index in [1.54, 1.807) is 18.5 Å². The van der Waals surface area contributed by atoms with Gasteiger partial charge in [0.05, 0.1) is 23.8 Å². The third-order valence-corrected chi connectivity index (χ3v) is 2.23. The molecular formula is C10H12ClN5. The van der Waals surface area contributed by atoms with Crippen LogP contribution >= 0.6 is 11.6 Å². The van der Waals surface area contributed by atoms with Crippen LogP contribution in [0, 0.1) is 0 Å². The van der Waals surface area contributed by atoms with Crippen LogP contribution in [0.15, 0.2) is 24.7 Å². The van der Waals surface area contributed by atoms with Gasteiger partial charge in [0.2, 0.25) is 0 Å². The number of hydrogen-bond acceptors (Lipinski definition) is 4. The standard InChI is InChI=1S/C10H12ClN5/c1-7(2)16-6-9(5-13-16)14-8-3-10(11)15-12-4-8/h3-7H,1-2H3,(H,14,15). The maximum absolute atomic E-state index is 5.73. The number of anilines is 2. The lowest BCUT2D eigenvalue weighted by atomic mass is 10.4. The molecule has 84 valence electrons. The topological polar surface area (TPSA) is 55.6 Å². The zero-order valence-electron chi connectivity index (χ0n) is 9.05. The second-order valence-corrected chi connectivity index (χ2v) is 4.08. The van der Waals surface area contributed by atoms with Gasteiger partial charge in [-0.15, -0.1) is 5.10 Å². The molecule has 0 aliphatic heterocycles. The lowest BCUT2D eigenvalue weighted by Crippen LogP contribution is -2.00. The highest BCUT2D eigenvalue weighted by atomic mass is 35.5. The molecule has 0 unspecified atom stereocenters. The second-order valence-electron chi connectivity index (χ2n) is 3.69. The van der Waals surface area contributed by atoms with Crippen molar-refractivity contribution in [3.05, 3.63) is 29.8 Å². The molecular weight excluding hydrogens is 226 g/mol. The fourth-order valence-corrected chi connectivity index (χ4v) is 1.42. The molecule has 0 saturated heterocycles. The van der Waals surface area contributed by atoms with Crippen LogP contribution in [-0.4, -0.2) is 20.0 Å². The Morgan fingerprint density at radius 3 is 2.75 bits per heavy atom. The van der Waals surface area contributed by atoms with Crippen LogP contribution in [0.3, 0.4) is 0 Å².